The summed E-state index contributed by atoms with van der Waals surface area (Å²) >= 11 is 0. The first-order chi connectivity index (χ1) is 13.6. The number of aliphatic carboxylic acids is 1. The van der Waals surface area contributed by atoms with E-state index in [4.69, 9.17) is 15.8 Å². The SMILES string of the molecule is NOC(/C=C/[C@H]1CCCC(=O)N1CC#CCCCC(=O)O)Cc1ccccc1. The van der Waals surface area contributed by atoms with Crippen LogP contribution in [0.15, 0.2) is 42.5 Å². The monoisotopic (exact) mass is 384 g/mol. The van der Waals surface area contributed by atoms with E-state index < -0.39 is 5.97 Å². The van der Waals surface area contributed by atoms with Gasteiger partial charge < -0.3 is 10.0 Å². The van der Waals surface area contributed by atoms with Gasteiger partial charge in [0.25, 0.3) is 0 Å². The predicted octanol–water partition coefficient (Wildman–Crippen LogP) is 2.68. The molecule has 28 heavy (non-hydrogen) atoms. The average Bonchev–Trinajstić information content (AvgIpc) is 2.69. The smallest absolute Gasteiger partial charge is 0.303 e. The molecule has 3 N–H and O–H groups in total. The van der Waals surface area contributed by atoms with Gasteiger partial charge in [0.15, 0.2) is 0 Å². The maximum atomic E-state index is 12.3. The first-order valence-corrected chi connectivity index (χ1v) is 9.65. The zero-order chi connectivity index (χ0) is 20.2. The number of nitrogens with zero attached hydrogens (tertiary/aromatic N) is 1. The second kappa shape index (κ2) is 12.0. The van der Waals surface area contributed by atoms with Gasteiger partial charge >= 0.3 is 5.97 Å². The van der Waals surface area contributed by atoms with Crippen LogP contribution in [0.3, 0.4) is 0 Å². The Morgan fingerprint density at radius 2 is 2.14 bits per heavy atom. The van der Waals surface area contributed by atoms with E-state index in [0.29, 0.717) is 32.2 Å². The fourth-order valence-electron chi connectivity index (χ4n) is 3.17. The number of likely N-dealkylation sites (tertiary alicyclic amines) is 1. The quantitative estimate of drug-likeness (QED) is 0.296. The molecule has 6 nitrogen and oxygen atoms in total. The van der Waals surface area contributed by atoms with Gasteiger partial charge in [-0.25, -0.2) is 5.90 Å². The van der Waals surface area contributed by atoms with Crippen LogP contribution in [0.5, 0.6) is 0 Å². The van der Waals surface area contributed by atoms with Gasteiger partial charge in [0.2, 0.25) is 5.91 Å². The lowest BCUT2D eigenvalue weighted by Crippen LogP contribution is -2.43. The molecule has 1 unspecified atom stereocenters. The third kappa shape index (κ3) is 7.55. The summed E-state index contributed by atoms with van der Waals surface area (Å²) in [4.78, 5) is 29.7. The van der Waals surface area contributed by atoms with Gasteiger partial charge in [0.1, 0.15) is 6.10 Å². The molecule has 0 aliphatic carbocycles. The van der Waals surface area contributed by atoms with E-state index in [1.807, 2.05) is 42.5 Å². The molecular formula is C22H28N2O4. The number of carboxylic acids is 1. The highest BCUT2D eigenvalue weighted by Gasteiger charge is 2.25. The Morgan fingerprint density at radius 1 is 1.36 bits per heavy atom. The Hall–Kier alpha value is -2.62. The van der Waals surface area contributed by atoms with Crippen molar-refractivity contribution in [1.29, 1.82) is 0 Å². The molecule has 0 radical (unpaired) electrons. The largest absolute Gasteiger partial charge is 0.481 e. The van der Waals surface area contributed by atoms with E-state index in [2.05, 4.69) is 11.8 Å². The number of hydrogen-bond donors (Lipinski definition) is 2. The molecular weight excluding hydrogens is 356 g/mol. The summed E-state index contributed by atoms with van der Waals surface area (Å²) in [6.45, 7) is 0.355. The fraction of sp³-hybridized carbons (Fsp3) is 0.455. The number of rotatable bonds is 9. The maximum absolute atomic E-state index is 12.3. The van der Waals surface area contributed by atoms with Gasteiger partial charge in [-0.15, -0.1) is 5.92 Å². The molecule has 1 heterocycles. The van der Waals surface area contributed by atoms with Gasteiger partial charge in [0.05, 0.1) is 12.6 Å². The molecule has 0 saturated carbocycles. The van der Waals surface area contributed by atoms with Crippen molar-refractivity contribution >= 4 is 11.9 Å². The van der Waals surface area contributed by atoms with Crippen LogP contribution >= 0.6 is 0 Å². The second-order valence-corrected chi connectivity index (χ2v) is 6.83. The highest BCUT2D eigenvalue weighted by atomic mass is 16.6. The zero-order valence-corrected chi connectivity index (χ0v) is 16.0. The van der Waals surface area contributed by atoms with Crippen LogP contribution in [0.2, 0.25) is 0 Å². The van der Waals surface area contributed by atoms with Gasteiger partial charge in [-0.3, -0.25) is 14.4 Å². The molecule has 1 aliphatic heterocycles. The molecule has 0 bridgehead atoms. The predicted molar refractivity (Wildman–Crippen MR) is 107 cm³/mol. The average molecular weight is 384 g/mol. The molecule has 0 spiro atoms. The van der Waals surface area contributed by atoms with Gasteiger partial charge in [-0.1, -0.05) is 48.4 Å². The maximum Gasteiger partial charge on any atom is 0.303 e. The number of unbranched alkanes of at least 4 members (excludes halogenated alkanes) is 1. The van der Waals surface area contributed by atoms with Crippen LogP contribution in [-0.2, 0) is 20.8 Å². The number of amides is 1. The molecule has 6 heteroatoms. The van der Waals surface area contributed by atoms with E-state index in [9.17, 15) is 9.59 Å². The molecule has 1 fully saturated rings. The van der Waals surface area contributed by atoms with Crippen molar-refractivity contribution in [2.45, 2.75) is 57.1 Å². The third-order valence-electron chi connectivity index (χ3n) is 4.68. The minimum Gasteiger partial charge on any atom is -0.481 e. The van der Waals surface area contributed by atoms with Crippen LogP contribution in [0.1, 0.15) is 44.1 Å². The topological polar surface area (TPSA) is 92.9 Å². The summed E-state index contributed by atoms with van der Waals surface area (Å²) in [5, 5.41) is 8.63. The first kappa shape index (κ1) is 21.7. The Morgan fingerprint density at radius 3 is 2.86 bits per heavy atom. The Bertz CT molecular complexity index is 721. The number of carbonyl (C=O) groups is 2. The lowest BCUT2D eigenvalue weighted by molar-refractivity contribution is -0.137. The molecule has 2 atom stereocenters. The van der Waals surface area contributed by atoms with E-state index in [1.54, 1.807) is 4.90 Å². The minimum absolute atomic E-state index is 0.0250. The molecule has 1 aliphatic rings. The van der Waals surface area contributed by atoms with E-state index in [0.717, 1.165) is 18.4 Å². The van der Waals surface area contributed by atoms with E-state index in [1.165, 1.54) is 0 Å². The summed E-state index contributed by atoms with van der Waals surface area (Å²) in [5.74, 6) is 10.7. The minimum atomic E-state index is -0.814. The van der Waals surface area contributed by atoms with Crippen molar-refractivity contribution < 1.29 is 19.5 Å². The van der Waals surface area contributed by atoms with Crippen molar-refractivity contribution in [2.75, 3.05) is 6.54 Å². The molecule has 1 aromatic rings. The number of carboxylic acid groups (broad SMARTS) is 1. The molecule has 1 saturated heterocycles. The normalized spacial score (nSPS) is 18.0. The van der Waals surface area contributed by atoms with Crippen molar-refractivity contribution in [1.82, 2.24) is 4.90 Å². The van der Waals surface area contributed by atoms with Crippen LogP contribution < -0.4 is 5.90 Å². The summed E-state index contributed by atoms with van der Waals surface area (Å²) in [7, 11) is 0. The van der Waals surface area contributed by atoms with Crippen LogP contribution in [-0.4, -0.2) is 40.6 Å². The number of piperidine rings is 1. The highest BCUT2D eigenvalue weighted by molar-refractivity contribution is 5.78. The van der Waals surface area contributed by atoms with Crippen molar-refractivity contribution in [2.24, 2.45) is 5.90 Å². The van der Waals surface area contributed by atoms with Crippen molar-refractivity contribution in [3.63, 3.8) is 0 Å². The standard InChI is InChI=1S/C22H28N2O4/c23-28-20(17-18-9-4-3-5-10-18)15-14-19-11-8-12-21(25)24(19)16-7-2-1-6-13-22(26)27/h3-5,9-10,14-15,19-20H,1,6,8,11-13,16-17,23H2,(H,26,27)/b15-14+/t19-,20?/m1/s1. The van der Waals surface area contributed by atoms with E-state index in [-0.39, 0.29) is 24.5 Å². The van der Waals surface area contributed by atoms with Crippen LogP contribution in [0.25, 0.3) is 0 Å². The fourth-order valence-corrected chi connectivity index (χ4v) is 3.17. The van der Waals surface area contributed by atoms with Crippen molar-refractivity contribution in [3.8, 4) is 11.8 Å². The lowest BCUT2D eigenvalue weighted by atomic mass is 9.99. The molecule has 150 valence electrons. The van der Waals surface area contributed by atoms with Gasteiger partial charge in [-0.2, -0.15) is 0 Å². The summed E-state index contributed by atoms with van der Waals surface area (Å²) in [5.41, 5.74) is 1.13. The van der Waals surface area contributed by atoms with Crippen LogP contribution in [0.4, 0.5) is 0 Å². The highest BCUT2D eigenvalue weighted by Crippen LogP contribution is 2.19. The Kier molecular flexibility index (Phi) is 9.26. The van der Waals surface area contributed by atoms with Gasteiger partial charge in [-0.05, 0) is 24.8 Å². The van der Waals surface area contributed by atoms with E-state index >= 15 is 0 Å². The van der Waals surface area contributed by atoms with Crippen molar-refractivity contribution in [3.05, 3.63) is 48.0 Å². The summed E-state index contributed by atoms with van der Waals surface area (Å²) < 4.78 is 0. The van der Waals surface area contributed by atoms with Crippen LogP contribution in [0, 0.1) is 11.8 Å². The summed E-state index contributed by atoms with van der Waals surface area (Å²) in [6, 6.07) is 9.94. The first-order valence-electron chi connectivity index (χ1n) is 9.65. The summed E-state index contributed by atoms with van der Waals surface area (Å²) in [6.07, 6.45) is 7.74. The van der Waals surface area contributed by atoms with Gasteiger partial charge in [0, 0.05) is 25.7 Å². The number of benzene rings is 1. The lowest BCUT2D eigenvalue weighted by Gasteiger charge is -2.32. The molecule has 1 aromatic carbocycles. The number of carbonyl (C=O) groups excluding carboxylic acids is 1. The second-order valence-electron chi connectivity index (χ2n) is 6.83. The number of hydrogen-bond acceptors (Lipinski definition) is 4. The Labute approximate surface area is 166 Å². The molecule has 0 aromatic heterocycles. The Balaban J connectivity index is 1.92. The third-order valence-corrected chi connectivity index (χ3v) is 4.68. The molecule has 2 rings (SSSR count). The zero-order valence-electron chi connectivity index (χ0n) is 16.0. The molecule has 1 amide bonds. The number of nitrogens with two attached hydrogens (primary N) is 1.